The van der Waals surface area contributed by atoms with Crippen LogP contribution in [-0.2, 0) is 17.8 Å². The zero-order valence-electron chi connectivity index (χ0n) is 10.1. The summed E-state index contributed by atoms with van der Waals surface area (Å²) in [6, 6.07) is 4.79. The van der Waals surface area contributed by atoms with Gasteiger partial charge in [0.25, 0.3) is 0 Å². The van der Waals surface area contributed by atoms with E-state index in [1.165, 1.54) is 6.07 Å². The number of carbonyl (C=O) groups is 1. The van der Waals surface area contributed by atoms with Crippen LogP contribution in [0.5, 0.6) is 0 Å². The quantitative estimate of drug-likeness (QED) is 0.894. The SMILES string of the molecule is O=C(O)C1CCc2cc(-c3ccc(F)cn3)nn2C1. The fourth-order valence-corrected chi connectivity index (χ4v) is 2.29. The van der Waals surface area contributed by atoms with Gasteiger partial charge in [0.2, 0.25) is 0 Å². The van der Waals surface area contributed by atoms with E-state index in [4.69, 9.17) is 5.11 Å². The lowest BCUT2D eigenvalue weighted by molar-refractivity contribution is -0.142. The van der Waals surface area contributed by atoms with Crippen LogP contribution in [0.25, 0.3) is 11.4 Å². The lowest BCUT2D eigenvalue weighted by atomic mass is 9.98. The smallest absolute Gasteiger partial charge is 0.308 e. The highest BCUT2D eigenvalue weighted by Gasteiger charge is 2.25. The topological polar surface area (TPSA) is 68.0 Å². The van der Waals surface area contributed by atoms with Gasteiger partial charge >= 0.3 is 5.97 Å². The molecule has 1 aliphatic rings. The maximum atomic E-state index is 12.8. The number of aliphatic carboxylic acids is 1. The molecule has 2 aromatic rings. The number of carboxylic acid groups (broad SMARTS) is 1. The van der Waals surface area contributed by atoms with E-state index in [0.717, 1.165) is 11.9 Å². The Morgan fingerprint density at radius 2 is 2.26 bits per heavy atom. The molecular weight excluding hydrogens is 249 g/mol. The number of nitrogens with zero attached hydrogens (tertiary/aromatic N) is 3. The molecule has 0 bridgehead atoms. The number of pyridine rings is 1. The van der Waals surface area contributed by atoms with Crippen LogP contribution in [0.15, 0.2) is 24.4 Å². The van der Waals surface area contributed by atoms with Gasteiger partial charge < -0.3 is 5.11 Å². The van der Waals surface area contributed by atoms with Crippen LogP contribution in [0.1, 0.15) is 12.1 Å². The molecule has 3 heterocycles. The Labute approximate surface area is 108 Å². The maximum Gasteiger partial charge on any atom is 0.308 e. The first kappa shape index (κ1) is 11.8. The summed E-state index contributed by atoms with van der Waals surface area (Å²) in [4.78, 5) is 15.0. The van der Waals surface area contributed by atoms with Crippen LogP contribution in [-0.4, -0.2) is 25.8 Å². The summed E-state index contributed by atoms with van der Waals surface area (Å²) in [5.74, 6) is -1.57. The van der Waals surface area contributed by atoms with Crippen molar-refractivity contribution < 1.29 is 14.3 Å². The number of hydrogen-bond acceptors (Lipinski definition) is 3. The Balaban J connectivity index is 1.91. The third-order valence-corrected chi connectivity index (χ3v) is 3.34. The highest BCUT2D eigenvalue weighted by atomic mass is 19.1. The van der Waals surface area contributed by atoms with Gasteiger partial charge in [-0.25, -0.2) is 4.39 Å². The van der Waals surface area contributed by atoms with Gasteiger partial charge in [0, 0.05) is 5.69 Å². The molecule has 19 heavy (non-hydrogen) atoms. The minimum absolute atomic E-state index is 0.381. The van der Waals surface area contributed by atoms with E-state index >= 15 is 0 Å². The van der Waals surface area contributed by atoms with E-state index in [-0.39, 0.29) is 5.92 Å². The molecule has 0 aromatic carbocycles. The highest BCUT2D eigenvalue weighted by molar-refractivity contribution is 5.70. The molecule has 0 spiro atoms. The number of hydrogen-bond donors (Lipinski definition) is 1. The van der Waals surface area contributed by atoms with E-state index in [0.29, 0.717) is 30.8 Å². The average Bonchev–Trinajstić information content (AvgIpc) is 2.82. The highest BCUT2D eigenvalue weighted by Crippen LogP contribution is 2.24. The minimum Gasteiger partial charge on any atom is -0.481 e. The second-order valence-electron chi connectivity index (χ2n) is 4.64. The van der Waals surface area contributed by atoms with Gasteiger partial charge in [-0.05, 0) is 31.0 Å². The van der Waals surface area contributed by atoms with Crippen LogP contribution < -0.4 is 0 Å². The molecule has 3 rings (SSSR count). The lowest BCUT2D eigenvalue weighted by Gasteiger charge is -2.19. The van der Waals surface area contributed by atoms with Crippen LogP contribution >= 0.6 is 0 Å². The predicted octanol–water partition coefficient (Wildman–Crippen LogP) is 1.73. The van der Waals surface area contributed by atoms with Gasteiger partial charge in [0.1, 0.15) is 11.5 Å². The molecule has 1 unspecified atom stereocenters. The first-order valence-electron chi connectivity index (χ1n) is 6.05. The van der Waals surface area contributed by atoms with Gasteiger partial charge in [-0.3, -0.25) is 14.5 Å². The second kappa shape index (κ2) is 4.46. The van der Waals surface area contributed by atoms with Crippen molar-refractivity contribution in [3.05, 3.63) is 35.9 Å². The van der Waals surface area contributed by atoms with E-state index in [9.17, 15) is 9.18 Å². The van der Waals surface area contributed by atoms with Gasteiger partial charge in [-0.15, -0.1) is 0 Å². The maximum absolute atomic E-state index is 12.8. The molecular formula is C13H12FN3O2. The fraction of sp³-hybridized carbons (Fsp3) is 0.308. The zero-order valence-corrected chi connectivity index (χ0v) is 10.1. The van der Waals surface area contributed by atoms with Crippen LogP contribution in [0.3, 0.4) is 0 Å². The van der Waals surface area contributed by atoms with Crippen LogP contribution in [0.2, 0.25) is 0 Å². The van der Waals surface area contributed by atoms with E-state index in [1.807, 2.05) is 6.07 Å². The Morgan fingerprint density at radius 1 is 1.42 bits per heavy atom. The molecule has 0 saturated carbocycles. The first-order valence-corrected chi connectivity index (χ1v) is 6.05. The summed E-state index contributed by atoms with van der Waals surface area (Å²) in [7, 11) is 0. The van der Waals surface area contributed by atoms with Crippen LogP contribution in [0, 0.1) is 11.7 Å². The Kier molecular flexibility index (Phi) is 2.77. The number of carboxylic acids is 1. The lowest BCUT2D eigenvalue weighted by Crippen LogP contribution is -2.26. The minimum atomic E-state index is -0.789. The van der Waals surface area contributed by atoms with E-state index < -0.39 is 11.8 Å². The number of rotatable bonds is 2. The number of aryl methyl sites for hydroxylation is 1. The van der Waals surface area contributed by atoms with E-state index in [2.05, 4.69) is 10.1 Å². The molecule has 98 valence electrons. The second-order valence-corrected chi connectivity index (χ2v) is 4.64. The van der Waals surface area contributed by atoms with Crippen LogP contribution in [0.4, 0.5) is 4.39 Å². The summed E-state index contributed by atoms with van der Waals surface area (Å²) in [6.07, 6.45) is 2.45. The van der Waals surface area contributed by atoms with E-state index in [1.54, 1.807) is 10.7 Å². The molecule has 6 heteroatoms. The Bertz CT molecular complexity index is 621. The van der Waals surface area contributed by atoms with Crippen molar-refractivity contribution >= 4 is 5.97 Å². The van der Waals surface area contributed by atoms with Gasteiger partial charge in [-0.1, -0.05) is 0 Å². The molecule has 0 aliphatic carbocycles. The molecule has 2 aromatic heterocycles. The fourth-order valence-electron chi connectivity index (χ4n) is 2.29. The van der Waals surface area contributed by atoms with Crippen molar-refractivity contribution in [3.63, 3.8) is 0 Å². The summed E-state index contributed by atoms with van der Waals surface area (Å²) in [5, 5.41) is 13.4. The van der Waals surface area contributed by atoms with Crippen molar-refractivity contribution in [1.82, 2.24) is 14.8 Å². The third-order valence-electron chi connectivity index (χ3n) is 3.34. The molecule has 1 N–H and O–H groups in total. The molecule has 1 aliphatic heterocycles. The number of halogens is 1. The average molecular weight is 261 g/mol. The van der Waals surface area contributed by atoms with Gasteiger partial charge in [0.15, 0.2) is 0 Å². The standard InChI is InChI=1S/C13H12FN3O2/c14-9-2-4-11(15-6-9)12-5-10-3-1-8(13(18)19)7-17(10)16-12/h2,4-6,8H,1,3,7H2,(H,18,19). The zero-order chi connectivity index (χ0) is 13.4. The summed E-state index contributed by atoms with van der Waals surface area (Å²) in [6.45, 7) is 0.381. The van der Waals surface area contributed by atoms with Crippen molar-refractivity contribution in [2.75, 3.05) is 0 Å². The largest absolute Gasteiger partial charge is 0.481 e. The Morgan fingerprint density at radius 3 is 2.95 bits per heavy atom. The summed E-state index contributed by atoms with van der Waals surface area (Å²) in [5.41, 5.74) is 2.25. The molecule has 0 saturated heterocycles. The molecule has 0 fully saturated rings. The van der Waals surface area contributed by atoms with Gasteiger partial charge in [0.05, 0.1) is 24.4 Å². The van der Waals surface area contributed by atoms with Crippen molar-refractivity contribution in [3.8, 4) is 11.4 Å². The first-order chi connectivity index (χ1) is 9.13. The predicted molar refractivity (Wildman–Crippen MR) is 64.9 cm³/mol. The molecule has 1 atom stereocenters. The van der Waals surface area contributed by atoms with Crippen molar-refractivity contribution in [2.45, 2.75) is 19.4 Å². The monoisotopic (exact) mass is 261 g/mol. The number of aromatic nitrogens is 3. The molecule has 0 amide bonds. The summed E-state index contributed by atoms with van der Waals surface area (Å²) < 4.78 is 14.5. The molecule has 5 nitrogen and oxygen atoms in total. The molecule has 0 radical (unpaired) electrons. The normalized spacial score (nSPS) is 18.1. The van der Waals surface area contributed by atoms with Crippen molar-refractivity contribution in [2.24, 2.45) is 5.92 Å². The third kappa shape index (κ3) is 2.21. The Hall–Kier alpha value is -2.24. The summed E-state index contributed by atoms with van der Waals surface area (Å²) >= 11 is 0. The van der Waals surface area contributed by atoms with Crippen molar-refractivity contribution in [1.29, 1.82) is 0 Å². The number of fused-ring (bicyclic) bond motifs is 1. The van der Waals surface area contributed by atoms with Gasteiger partial charge in [-0.2, -0.15) is 5.10 Å².